The first-order valence-corrected chi connectivity index (χ1v) is 19.4. The summed E-state index contributed by atoms with van der Waals surface area (Å²) < 4.78 is 14.5. The van der Waals surface area contributed by atoms with Gasteiger partial charge in [-0.05, 0) is 51.1 Å². The second-order valence-corrected chi connectivity index (χ2v) is 15.4. The number of rotatable bonds is 20. The van der Waals surface area contributed by atoms with Gasteiger partial charge in [0.05, 0.1) is 65.0 Å². The van der Waals surface area contributed by atoms with Gasteiger partial charge in [-0.1, -0.05) is 71.4 Å². The van der Waals surface area contributed by atoms with Gasteiger partial charge in [-0.2, -0.15) is 0 Å². The summed E-state index contributed by atoms with van der Waals surface area (Å²) in [7, 11) is 6.49. The SMILES string of the molecule is CCC(C)C(C(CC(=O)N1CCCC1C(OC)C(C)C(=O)NC(Cc1ccccc1)C(=O)NI)OC)N(C)C(=O)C(NC(=O)C(C)(C)NC)C(C)C. The molecule has 1 fully saturated rings. The summed E-state index contributed by atoms with van der Waals surface area (Å²) in [6.07, 6.45) is 1.19. The molecule has 8 unspecified atom stereocenters. The lowest BCUT2D eigenvalue weighted by Gasteiger charge is -2.41. The van der Waals surface area contributed by atoms with Crippen LogP contribution < -0.4 is 19.5 Å². The topological polar surface area (TPSA) is 158 Å². The standard InChI is InChI=1S/C38H63IN6O7/c1-12-24(4)32(44(9)36(49)31(23(2)3)42-37(50)38(6,7)40-8)29(51-10)22-30(46)45-20-16-19-28(45)33(52-11)25(5)34(47)41-27(35(48)43-39)21-26-17-14-13-15-18-26/h13-15,17-18,23-25,27-29,31-33,40H,12,16,19-22H2,1-11H3,(H,41,47)(H,42,50)(H,43,48). The fourth-order valence-electron chi connectivity index (χ4n) is 6.90. The average Bonchev–Trinajstić information content (AvgIpc) is 3.62. The molecule has 0 spiro atoms. The first-order chi connectivity index (χ1) is 24.5. The second kappa shape index (κ2) is 21.2. The van der Waals surface area contributed by atoms with E-state index in [1.165, 1.54) is 7.11 Å². The zero-order valence-corrected chi connectivity index (χ0v) is 35.1. The monoisotopic (exact) mass is 842 g/mol. The van der Waals surface area contributed by atoms with E-state index >= 15 is 0 Å². The molecule has 294 valence electrons. The van der Waals surface area contributed by atoms with E-state index in [1.807, 2.05) is 58.0 Å². The predicted octanol–water partition coefficient (Wildman–Crippen LogP) is 3.24. The molecular weight excluding hydrogens is 779 g/mol. The lowest BCUT2D eigenvalue weighted by atomic mass is 9.89. The smallest absolute Gasteiger partial charge is 0.251 e. The first kappa shape index (κ1) is 45.3. The molecule has 1 aliphatic rings. The number of benzene rings is 1. The highest BCUT2D eigenvalue weighted by Crippen LogP contribution is 2.30. The van der Waals surface area contributed by atoms with Gasteiger partial charge in [-0.25, -0.2) is 0 Å². The Morgan fingerprint density at radius 1 is 1.00 bits per heavy atom. The summed E-state index contributed by atoms with van der Waals surface area (Å²) in [5, 5.41) is 8.84. The van der Waals surface area contributed by atoms with Crippen LogP contribution in [0.15, 0.2) is 30.3 Å². The van der Waals surface area contributed by atoms with Gasteiger partial charge < -0.3 is 35.2 Å². The van der Waals surface area contributed by atoms with Crippen LogP contribution in [0.3, 0.4) is 0 Å². The van der Waals surface area contributed by atoms with Gasteiger partial charge in [-0.3, -0.25) is 27.5 Å². The Kier molecular flexibility index (Phi) is 18.5. The van der Waals surface area contributed by atoms with Gasteiger partial charge in [0, 0.05) is 34.2 Å². The lowest BCUT2D eigenvalue weighted by Crippen LogP contribution is -2.61. The van der Waals surface area contributed by atoms with E-state index in [9.17, 15) is 24.0 Å². The Hall–Kier alpha value is -2.82. The average molecular weight is 843 g/mol. The number of nitrogens with zero attached hydrogens (tertiary/aromatic N) is 2. The van der Waals surface area contributed by atoms with E-state index in [0.29, 0.717) is 19.4 Å². The molecule has 0 radical (unpaired) electrons. The zero-order valence-electron chi connectivity index (χ0n) is 33.0. The van der Waals surface area contributed by atoms with Crippen molar-refractivity contribution < 1.29 is 33.4 Å². The van der Waals surface area contributed by atoms with Crippen LogP contribution in [0.1, 0.15) is 79.7 Å². The molecule has 1 saturated heterocycles. The molecule has 1 aromatic rings. The Balaban J connectivity index is 2.28. The van der Waals surface area contributed by atoms with Gasteiger partial charge >= 0.3 is 0 Å². The highest BCUT2D eigenvalue weighted by Gasteiger charge is 2.43. The van der Waals surface area contributed by atoms with Crippen LogP contribution in [-0.2, 0) is 39.9 Å². The van der Waals surface area contributed by atoms with Crippen molar-refractivity contribution in [1.29, 1.82) is 0 Å². The molecule has 0 saturated carbocycles. The normalized spacial score (nSPS) is 18.8. The highest BCUT2D eigenvalue weighted by atomic mass is 127. The quantitative estimate of drug-likeness (QED) is 0.115. The van der Waals surface area contributed by atoms with Crippen LogP contribution in [0, 0.1) is 17.8 Å². The van der Waals surface area contributed by atoms with Gasteiger partial charge in [0.2, 0.25) is 23.6 Å². The van der Waals surface area contributed by atoms with Crippen molar-refractivity contribution in [3.8, 4) is 0 Å². The summed E-state index contributed by atoms with van der Waals surface area (Å²) in [5.41, 5.74) is 0.0381. The Morgan fingerprint density at radius 2 is 1.63 bits per heavy atom. The number of carbonyl (C=O) groups excluding carboxylic acids is 5. The number of hydrogen-bond donors (Lipinski definition) is 4. The number of methoxy groups -OCH3 is 2. The van der Waals surface area contributed by atoms with E-state index in [2.05, 4.69) is 19.5 Å². The van der Waals surface area contributed by atoms with Crippen molar-refractivity contribution in [3.63, 3.8) is 0 Å². The van der Waals surface area contributed by atoms with Crippen LogP contribution in [0.5, 0.6) is 0 Å². The minimum atomic E-state index is -0.873. The number of ether oxygens (including phenoxy) is 2. The molecule has 4 N–H and O–H groups in total. The molecule has 1 aromatic carbocycles. The number of halogens is 1. The second-order valence-electron chi connectivity index (χ2n) is 14.9. The van der Waals surface area contributed by atoms with Crippen LogP contribution >= 0.6 is 22.9 Å². The van der Waals surface area contributed by atoms with Crippen LogP contribution in [0.25, 0.3) is 0 Å². The van der Waals surface area contributed by atoms with Gasteiger partial charge in [0.25, 0.3) is 5.91 Å². The van der Waals surface area contributed by atoms with Crippen molar-refractivity contribution in [2.75, 3.05) is 34.9 Å². The molecule has 13 nitrogen and oxygen atoms in total. The lowest BCUT2D eigenvalue weighted by molar-refractivity contribution is -0.148. The number of likely N-dealkylation sites (N-methyl/N-ethyl adjacent to an activating group) is 2. The van der Waals surface area contributed by atoms with Crippen LogP contribution in [0.4, 0.5) is 0 Å². The number of amides is 5. The molecule has 0 bridgehead atoms. The summed E-state index contributed by atoms with van der Waals surface area (Å²) in [6, 6.07) is 7.07. The predicted molar refractivity (Wildman–Crippen MR) is 210 cm³/mol. The van der Waals surface area contributed by atoms with Crippen molar-refractivity contribution in [3.05, 3.63) is 35.9 Å². The minimum absolute atomic E-state index is 0.0110. The third-order valence-corrected chi connectivity index (χ3v) is 11.2. The third kappa shape index (κ3) is 11.8. The van der Waals surface area contributed by atoms with Crippen molar-refractivity contribution in [1.82, 2.24) is 29.3 Å². The van der Waals surface area contributed by atoms with E-state index < -0.39 is 41.8 Å². The van der Waals surface area contributed by atoms with E-state index in [0.717, 1.165) is 18.4 Å². The Labute approximate surface area is 324 Å². The number of likely N-dealkylation sites (tertiary alicyclic amines) is 1. The van der Waals surface area contributed by atoms with Crippen molar-refractivity contribution in [2.24, 2.45) is 17.8 Å². The van der Waals surface area contributed by atoms with Crippen LogP contribution in [-0.4, -0.2) is 116 Å². The summed E-state index contributed by atoms with van der Waals surface area (Å²) in [4.78, 5) is 71.1. The number of carbonyl (C=O) groups is 5. The van der Waals surface area contributed by atoms with Crippen molar-refractivity contribution in [2.45, 2.75) is 122 Å². The fraction of sp³-hybridized carbons (Fsp3) is 0.711. The van der Waals surface area contributed by atoms with Gasteiger partial charge in [-0.15, -0.1) is 0 Å². The largest absolute Gasteiger partial charge is 0.379 e. The van der Waals surface area contributed by atoms with Crippen molar-refractivity contribution >= 4 is 52.4 Å². The highest BCUT2D eigenvalue weighted by molar-refractivity contribution is 14.1. The molecule has 0 aliphatic carbocycles. The molecule has 1 aliphatic heterocycles. The number of nitrogens with one attached hydrogen (secondary N) is 4. The summed E-state index contributed by atoms with van der Waals surface area (Å²) >= 11 is 1.77. The van der Waals surface area contributed by atoms with E-state index in [1.54, 1.807) is 74.6 Å². The fourth-order valence-corrected chi connectivity index (χ4v) is 7.28. The molecule has 8 atom stereocenters. The summed E-state index contributed by atoms with van der Waals surface area (Å²) in [6.45, 7) is 13.6. The van der Waals surface area contributed by atoms with Gasteiger partial charge in [0.15, 0.2) is 0 Å². The molecule has 14 heteroatoms. The molecule has 1 heterocycles. The first-order valence-electron chi connectivity index (χ1n) is 18.4. The molecule has 52 heavy (non-hydrogen) atoms. The molecule has 0 aromatic heterocycles. The van der Waals surface area contributed by atoms with E-state index in [4.69, 9.17) is 9.47 Å². The number of hydrogen-bond acceptors (Lipinski definition) is 8. The Bertz CT molecular complexity index is 1330. The zero-order chi connectivity index (χ0) is 39.3. The summed E-state index contributed by atoms with van der Waals surface area (Å²) in [5.74, 6) is -2.25. The third-order valence-electron chi connectivity index (χ3n) is 10.7. The maximum Gasteiger partial charge on any atom is 0.251 e. The molecular formula is C38H63IN6O7. The molecule has 5 amide bonds. The van der Waals surface area contributed by atoms with Crippen LogP contribution in [0.2, 0.25) is 0 Å². The maximum atomic E-state index is 14.2. The van der Waals surface area contributed by atoms with E-state index in [-0.39, 0.29) is 53.8 Å². The molecule has 2 rings (SSSR count). The maximum absolute atomic E-state index is 14.2. The Morgan fingerprint density at radius 3 is 2.15 bits per heavy atom. The van der Waals surface area contributed by atoms with Gasteiger partial charge in [0.1, 0.15) is 12.1 Å². The minimum Gasteiger partial charge on any atom is -0.379 e.